The Morgan fingerprint density at radius 1 is 1.08 bits per heavy atom. The number of halogens is 1. The molecular weight excluding hydrogens is 333 g/mol. The number of rotatable bonds is 5. The molecule has 5 nitrogen and oxygen atoms in total. The monoisotopic (exact) mass is 351 g/mol. The molecule has 0 saturated carbocycles. The highest BCUT2D eigenvalue weighted by Crippen LogP contribution is 2.24. The van der Waals surface area contributed by atoms with Crippen molar-refractivity contribution in [2.45, 2.75) is 6.92 Å². The van der Waals surface area contributed by atoms with E-state index in [1.165, 1.54) is 25.1 Å². The highest BCUT2D eigenvalue weighted by atomic mass is 19.1. The topological polar surface area (TPSA) is 62.3 Å². The lowest BCUT2D eigenvalue weighted by Crippen LogP contribution is -2.38. The second kappa shape index (κ2) is 7.74. The van der Waals surface area contributed by atoms with E-state index < -0.39 is 11.7 Å². The standard InChI is InChI=1S/C20H18FN3O2/c1-14(25)24(18-10-4-6-15-7-5-11-22-19(15)18)13-12-23-20(26)16-8-2-3-9-17(16)21/h2-11H,12-13H2,1H3,(H,23,26). The normalized spacial score (nSPS) is 10.5. The maximum atomic E-state index is 13.7. The minimum Gasteiger partial charge on any atom is -0.350 e. The van der Waals surface area contributed by atoms with Gasteiger partial charge >= 0.3 is 0 Å². The summed E-state index contributed by atoms with van der Waals surface area (Å²) in [5.74, 6) is -1.25. The van der Waals surface area contributed by atoms with Gasteiger partial charge in [-0.25, -0.2) is 4.39 Å². The molecule has 1 heterocycles. The van der Waals surface area contributed by atoms with Gasteiger partial charge in [-0.1, -0.05) is 30.3 Å². The number of hydrogen-bond donors (Lipinski definition) is 1. The van der Waals surface area contributed by atoms with Crippen LogP contribution in [-0.2, 0) is 4.79 Å². The average molecular weight is 351 g/mol. The Labute approximate surface area is 150 Å². The van der Waals surface area contributed by atoms with Gasteiger partial charge in [-0.2, -0.15) is 0 Å². The molecule has 2 aromatic carbocycles. The van der Waals surface area contributed by atoms with Gasteiger partial charge in [0.25, 0.3) is 5.91 Å². The zero-order valence-corrected chi connectivity index (χ0v) is 14.3. The molecule has 0 aliphatic rings. The molecule has 3 aromatic rings. The number of aromatic nitrogens is 1. The molecule has 6 heteroatoms. The summed E-state index contributed by atoms with van der Waals surface area (Å²) in [5.41, 5.74) is 1.37. The van der Waals surface area contributed by atoms with Gasteiger partial charge in [0.05, 0.1) is 16.8 Å². The molecule has 0 atom stereocenters. The van der Waals surface area contributed by atoms with Gasteiger partial charge in [0, 0.05) is 31.6 Å². The third-order valence-electron chi connectivity index (χ3n) is 4.02. The molecule has 0 bridgehead atoms. The average Bonchev–Trinajstić information content (AvgIpc) is 2.65. The van der Waals surface area contributed by atoms with Gasteiger partial charge in [0.15, 0.2) is 0 Å². The van der Waals surface area contributed by atoms with Crippen LogP contribution in [0.1, 0.15) is 17.3 Å². The lowest BCUT2D eigenvalue weighted by atomic mass is 10.1. The molecular formula is C20H18FN3O2. The minimum absolute atomic E-state index is 0.0197. The van der Waals surface area contributed by atoms with Crippen LogP contribution in [0.3, 0.4) is 0 Å². The first-order valence-electron chi connectivity index (χ1n) is 8.22. The van der Waals surface area contributed by atoms with Crippen LogP contribution in [0.25, 0.3) is 10.9 Å². The molecule has 0 spiro atoms. The fraction of sp³-hybridized carbons (Fsp3) is 0.150. The van der Waals surface area contributed by atoms with Crippen molar-refractivity contribution in [3.8, 4) is 0 Å². The number of para-hydroxylation sites is 1. The fourth-order valence-electron chi connectivity index (χ4n) is 2.78. The quantitative estimate of drug-likeness (QED) is 0.768. The third-order valence-corrected chi connectivity index (χ3v) is 4.02. The minimum atomic E-state index is -0.577. The van der Waals surface area contributed by atoms with Crippen LogP contribution in [0.5, 0.6) is 0 Å². The number of pyridine rings is 1. The van der Waals surface area contributed by atoms with E-state index in [9.17, 15) is 14.0 Å². The van der Waals surface area contributed by atoms with Crippen molar-refractivity contribution in [1.82, 2.24) is 10.3 Å². The van der Waals surface area contributed by atoms with E-state index in [1.807, 2.05) is 30.3 Å². The summed E-state index contributed by atoms with van der Waals surface area (Å²) in [6.07, 6.45) is 1.67. The van der Waals surface area contributed by atoms with Gasteiger partial charge in [0.2, 0.25) is 5.91 Å². The molecule has 0 saturated heterocycles. The molecule has 1 N–H and O–H groups in total. The largest absolute Gasteiger partial charge is 0.350 e. The van der Waals surface area contributed by atoms with E-state index >= 15 is 0 Å². The van der Waals surface area contributed by atoms with Gasteiger partial charge in [0.1, 0.15) is 5.82 Å². The van der Waals surface area contributed by atoms with Crippen LogP contribution < -0.4 is 10.2 Å². The van der Waals surface area contributed by atoms with Gasteiger partial charge < -0.3 is 10.2 Å². The zero-order chi connectivity index (χ0) is 18.5. The number of nitrogens with one attached hydrogen (secondary N) is 1. The Bertz CT molecular complexity index is 953. The summed E-state index contributed by atoms with van der Waals surface area (Å²) in [6, 6.07) is 15.1. The predicted octanol–water partition coefficient (Wildman–Crippen LogP) is 3.16. The SMILES string of the molecule is CC(=O)N(CCNC(=O)c1ccccc1F)c1cccc2cccnc12. The Balaban J connectivity index is 1.75. The van der Waals surface area contributed by atoms with Gasteiger partial charge in [-0.3, -0.25) is 14.6 Å². The van der Waals surface area contributed by atoms with Crippen molar-refractivity contribution in [3.63, 3.8) is 0 Å². The van der Waals surface area contributed by atoms with Crippen LogP contribution in [0.15, 0.2) is 60.8 Å². The van der Waals surface area contributed by atoms with E-state index in [4.69, 9.17) is 0 Å². The Kier molecular flexibility index (Phi) is 5.22. The van der Waals surface area contributed by atoms with Crippen molar-refractivity contribution >= 4 is 28.4 Å². The number of hydrogen-bond acceptors (Lipinski definition) is 3. The van der Waals surface area contributed by atoms with E-state index in [-0.39, 0.29) is 24.6 Å². The van der Waals surface area contributed by atoms with Crippen LogP contribution >= 0.6 is 0 Å². The molecule has 26 heavy (non-hydrogen) atoms. The van der Waals surface area contributed by atoms with E-state index in [0.717, 1.165) is 5.39 Å². The molecule has 1 aromatic heterocycles. The number of fused-ring (bicyclic) bond motifs is 1. The second-order valence-corrected chi connectivity index (χ2v) is 5.76. The molecule has 3 rings (SSSR count). The summed E-state index contributed by atoms with van der Waals surface area (Å²) in [6.45, 7) is 1.90. The van der Waals surface area contributed by atoms with Crippen molar-refractivity contribution in [3.05, 3.63) is 72.2 Å². The number of anilines is 1. The van der Waals surface area contributed by atoms with Crippen LogP contribution in [0.4, 0.5) is 10.1 Å². The van der Waals surface area contributed by atoms with E-state index in [2.05, 4.69) is 10.3 Å². The smallest absolute Gasteiger partial charge is 0.254 e. The number of nitrogens with zero attached hydrogens (tertiary/aromatic N) is 2. The number of amides is 2. The number of carbonyl (C=O) groups excluding carboxylic acids is 2. The van der Waals surface area contributed by atoms with E-state index in [1.54, 1.807) is 17.2 Å². The molecule has 2 amide bonds. The van der Waals surface area contributed by atoms with Gasteiger partial charge in [-0.15, -0.1) is 0 Å². The summed E-state index contributed by atoms with van der Waals surface area (Å²) >= 11 is 0. The first-order chi connectivity index (χ1) is 12.6. The van der Waals surface area contributed by atoms with Crippen molar-refractivity contribution in [2.24, 2.45) is 0 Å². The lowest BCUT2D eigenvalue weighted by molar-refractivity contribution is -0.116. The second-order valence-electron chi connectivity index (χ2n) is 5.76. The maximum Gasteiger partial charge on any atom is 0.254 e. The summed E-state index contributed by atoms with van der Waals surface area (Å²) < 4.78 is 13.7. The maximum absolute atomic E-state index is 13.7. The van der Waals surface area contributed by atoms with Crippen LogP contribution in [0, 0.1) is 5.82 Å². The molecule has 0 unspecified atom stereocenters. The fourth-order valence-corrected chi connectivity index (χ4v) is 2.78. The van der Waals surface area contributed by atoms with Crippen molar-refractivity contribution < 1.29 is 14.0 Å². The highest BCUT2D eigenvalue weighted by molar-refractivity contribution is 6.01. The predicted molar refractivity (Wildman–Crippen MR) is 98.5 cm³/mol. The third kappa shape index (κ3) is 3.69. The van der Waals surface area contributed by atoms with Crippen LogP contribution in [0.2, 0.25) is 0 Å². The molecule has 132 valence electrons. The Morgan fingerprint density at radius 3 is 2.62 bits per heavy atom. The number of carbonyl (C=O) groups is 2. The Morgan fingerprint density at radius 2 is 1.85 bits per heavy atom. The first-order valence-corrected chi connectivity index (χ1v) is 8.22. The van der Waals surface area contributed by atoms with Crippen molar-refractivity contribution in [2.75, 3.05) is 18.0 Å². The summed E-state index contributed by atoms with van der Waals surface area (Å²) in [7, 11) is 0. The van der Waals surface area contributed by atoms with Crippen molar-refractivity contribution in [1.29, 1.82) is 0 Å². The molecule has 0 radical (unpaired) electrons. The Hall–Kier alpha value is -3.28. The summed E-state index contributed by atoms with van der Waals surface area (Å²) in [4.78, 5) is 30.1. The first kappa shape index (κ1) is 17.5. The van der Waals surface area contributed by atoms with Crippen LogP contribution in [-0.4, -0.2) is 29.9 Å². The van der Waals surface area contributed by atoms with E-state index in [0.29, 0.717) is 11.2 Å². The highest BCUT2D eigenvalue weighted by Gasteiger charge is 2.16. The number of benzene rings is 2. The lowest BCUT2D eigenvalue weighted by Gasteiger charge is -2.22. The van der Waals surface area contributed by atoms with Gasteiger partial charge in [-0.05, 0) is 24.3 Å². The molecule has 0 aliphatic carbocycles. The summed E-state index contributed by atoms with van der Waals surface area (Å²) in [5, 5.41) is 3.57. The zero-order valence-electron chi connectivity index (χ0n) is 14.3. The molecule has 0 aliphatic heterocycles. The molecule has 0 fully saturated rings.